The Kier molecular flexibility index (Phi) is 6.99. The maximum absolute atomic E-state index is 13.7. The van der Waals surface area contributed by atoms with Gasteiger partial charge in [-0.3, -0.25) is 4.79 Å². The van der Waals surface area contributed by atoms with Crippen LogP contribution in [-0.2, 0) is 19.3 Å². The number of nitrogens with one attached hydrogen (secondary N) is 1. The molecule has 1 saturated heterocycles. The summed E-state index contributed by atoms with van der Waals surface area (Å²) >= 11 is 3.54. The lowest BCUT2D eigenvalue weighted by atomic mass is 9.71. The lowest BCUT2D eigenvalue weighted by Gasteiger charge is -2.37. The van der Waals surface area contributed by atoms with E-state index in [9.17, 15) is 4.79 Å². The standard InChI is InChI=1S/C31H40BrNO5Si/c1-29(2,3)39(8,9)36-17-25-24(37-31(6,7)38-25)16-35-19-11-13-20-22(15-19)30(4,5)28-26(27(20)34)21-12-10-18(32)14-23(21)33-28/h10-15,24-25,33H,16-17H2,1-9H3/t24-,25+/m1/s1. The number of hydrogen-bond donors (Lipinski definition) is 1. The largest absolute Gasteiger partial charge is 0.491 e. The second-order valence-electron chi connectivity index (χ2n) is 13.3. The molecule has 6 nitrogen and oxygen atoms in total. The van der Waals surface area contributed by atoms with Gasteiger partial charge in [0.1, 0.15) is 24.6 Å². The molecule has 1 fully saturated rings. The zero-order chi connectivity index (χ0) is 28.5. The highest BCUT2D eigenvalue weighted by Crippen LogP contribution is 2.45. The van der Waals surface area contributed by atoms with E-state index in [1.54, 1.807) is 0 Å². The summed E-state index contributed by atoms with van der Waals surface area (Å²) in [5.41, 5.74) is 3.90. The van der Waals surface area contributed by atoms with Crippen molar-refractivity contribution in [3.8, 4) is 5.75 Å². The summed E-state index contributed by atoms with van der Waals surface area (Å²) in [6, 6.07) is 11.8. The molecule has 1 aliphatic carbocycles. The summed E-state index contributed by atoms with van der Waals surface area (Å²) < 4.78 is 26.2. The molecule has 2 aliphatic rings. The Morgan fingerprint density at radius 3 is 2.33 bits per heavy atom. The molecule has 1 aromatic heterocycles. The molecule has 210 valence electrons. The van der Waals surface area contributed by atoms with Gasteiger partial charge in [0.05, 0.1) is 12.2 Å². The van der Waals surface area contributed by atoms with Crippen LogP contribution in [0, 0.1) is 0 Å². The van der Waals surface area contributed by atoms with Crippen molar-refractivity contribution < 1.29 is 23.4 Å². The van der Waals surface area contributed by atoms with Crippen molar-refractivity contribution in [2.75, 3.05) is 13.2 Å². The van der Waals surface area contributed by atoms with Crippen LogP contribution in [0.25, 0.3) is 10.9 Å². The summed E-state index contributed by atoms with van der Waals surface area (Å²) in [6.45, 7) is 20.1. The lowest BCUT2D eigenvalue weighted by molar-refractivity contribution is -0.150. The van der Waals surface area contributed by atoms with Crippen molar-refractivity contribution in [2.45, 2.75) is 90.0 Å². The second-order valence-corrected chi connectivity index (χ2v) is 19.0. The second kappa shape index (κ2) is 9.55. The third-order valence-corrected chi connectivity index (χ3v) is 13.6. The quantitative estimate of drug-likeness (QED) is 0.288. The molecular weight excluding hydrogens is 574 g/mol. The van der Waals surface area contributed by atoms with E-state index < -0.39 is 19.5 Å². The summed E-state index contributed by atoms with van der Waals surface area (Å²) in [4.78, 5) is 17.2. The predicted octanol–water partition coefficient (Wildman–Crippen LogP) is 7.72. The minimum Gasteiger partial charge on any atom is -0.491 e. The molecule has 39 heavy (non-hydrogen) atoms. The van der Waals surface area contributed by atoms with Crippen LogP contribution in [0.15, 0.2) is 40.9 Å². The fourth-order valence-electron chi connectivity index (χ4n) is 5.35. The van der Waals surface area contributed by atoms with Crippen molar-refractivity contribution in [3.63, 3.8) is 0 Å². The first-order valence-electron chi connectivity index (χ1n) is 13.6. The minimum atomic E-state index is -1.93. The van der Waals surface area contributed by atoms with Gasteiger partial charge in [-0.15, -0.1) is 0 Å². The zero-order valence-corrected chi connectivity index (χ0v) is 27.0. The van der Waals surface area contributed by atoms with Gasteiger partial charge in [0, 0.05) is 32.0 Å². The summed E-state index contributed by atoms with van der Waals surface area (Å²) in [5.74, 6) is 0.0340. The Labute approximate surface area is 241 Å². The van der Waals surface area contributed by atoms with Gasteiger partial charge >= 0.3 is 0 Å². The van der Waals surface area contributed by atoms with Crippen molar-refractivity contribution >= 4 is 40.9 Å². The van der Waals surface area contributed by atoms with E-state index in [4.69, 9.17) is 18.6 Å². The Morgan fingerprint density at radius 1 is 1.00 bits per heavy atom. The number of hydrogen-bond acceptors (Lipinski definition) is 5. The number of benzene rings is 2. The minimum absolute atomic E-state index is 0.0385. The lowest BCUT2D eigenvalue weighted by Crippen LogP contribution is -2.44. The number of aromatic amines is 1. The molecule has 0 spiro atoms. The van der Waals surface area contributed by atoms with Crippen LogP contribution in [0.5, 0.6) is 5.75 Å². The molecule has 3 aromatic rings. The predicted molar refractivity (Wildman–Crippen MR) is 160 cm³/mol. The van der Waals surface area contributed by atoms with Gasteiger partial charge in [-0.25, -0.2) is 0 Å². The highest BCUT2D eigenvalue weighted by molar-refractivity contribution is 9.10. The fraction of sp³-hybridized carbons (Fsp3) is 0.516. The molecule has 2 atom stereocenters. The normalized spacial score (nSPS) is 22.2. The summed E-state index contributed by atoms with van der Waals surface area (Å²) in [7, 11) is -1.93. The molecule has 2 aromatic carbocycles. The third-order valence-electron chi connectivity index (χ3n) is 8.64. The number of rotatable bonds is 6. The molecule has 0 radical (unpaired) electrons. The summed E-state index contributed by atoms with van der Waals surface area (Å²) in [5, 5.41) is 1.06. The van der Waals surface area contributed by atoms with E-state index in [0.29, 0.717) is 24.5 Å². The molecule has 8 heteroatoms. The van der Waals surface area contributed by atoms with Crippen molar-refractivity contribution in [3.05, 3.63) is 63.3 Å². The maximum Gasteiger partial charge on any atom is 0.195 e. The number of carbonyl (C=O) groups excluding carboxylic acids is 1. The molecule has 5 rings (SSSR count). The van der Waals surface area contributed by atoms with Gasteiger partial charge in [0.25, 0.3) is 0 Å². The number of H-pyrrole nitrogens is 1. The molecule has 0 unspecified atom stereocenters. The van der Waals surface area contributed by atoms with Crippen LogP contribution in [0.1, 0.15) is 75.6 Å². The first-order chi connectivity index (χ1) is 18.0. The molecule has 0 amide bonds. The number of aromatic nitrogens is 1. The maximum atomic E-state index is 13.7. The van der Waals surface area contributed by atoms with Gasteiger partial charge in [-0.2, -0.15) is 0 Å². The van der Waals surface area contributed by atoms with Crippen LogP contribution in [0.2, 0.25) is 18.1 Å². The van der Waals surface area contributed by atoms with Crippen LogP contribution < -0.4 is 4.74 Å². The van der Waals surface area contributed by atoms with Crippen molar-refractivity contribution in [1.29, 1.82) is 0 Å². The smallest absolute Gasteiger partial charge is 0.195 e. The van der Waals surface area contributed by atoms with E-state index >= 15 is 0 Å². The number of halogens is 1. The van der Waals surface area contributed by atoms with Gasteiger partial charge in [0.2, 0.25) is 0 Å². The van der Waals surface area contributed by atoms with Gasteiger partial charge in [-0.1, -0.05) is 56.6 Å². The van der Waals surface area contributed by atoms with E-state index in [1.807, 2.05) is 50.2 Å². The monoisotopic (exact) mass is 613 g/mol. The Balaban J connectivity index is 1.36. The first-order valence-corrected chi connectivity index (χ1v) is 17.3. The van der Waals surface area contributed by atoms with Crippen LogP contribution >= 0.6 is 15.9 Å². The molecule has 1 aliphatic heterocycles. The number of ether oxygens (including phenoxy) is 3. The molecule has 0 saturated carbocycles. The zero-order valence-electron chi connectivity index (χ0n) is 24.5. The highest BCUT2D eigenvalue weighted by Gasteiger charge is 2.45. The highest BCUT2D eigenvalue weighted by atomic mass is 79.9. The van der Waals surface area contributed by atoms with Gasteiger partial charge < -0.3 is 23.6 Å². The summed E-state index contributed by atoms with van der Waals surface area (Å²) in [6.07, 6.45) is -0.493. The molecule has 1 N–H and O–H groups in total. The van der Waals surface area contributed by atoms with Crippen molar-refractivity contribution in [1.82, 2.24) is 4.98 Å². The van der Waals surface area contributed by atoms with Crippen LogP contribution in [-0.4, -0.2) is 50.3 Å². The molecular formula is C31H40BrNO5Si. The van der Waals surface area contributed by atoms with Gasteiger partial charge in [-0.05, 0) is 67.9 Å². The van der Waals surface area contributed by atoms with Crippen LogP contribution in [0.4, 0.5) is 0 Å². The number of carbonyl (C=O) groups is 1. The van der Waals surface area contributed by atoms with E-state index in [1.165, 1.54) is 0 Å². The van der Waals surface area contributed by atoms with E-state index in [-0.39, 0.29) is 23.0 Å². The topological polar surface area (TPSA) is 69.8 Å². The average Bonchev–Trinajstić information content (AvgIpc) is 3.36. The van der Waals surface area contributed by atoms with Crippen molar-refractivity contribution in [2.24, 2.45) is 0 Å². The Hall–Kier alpha value is -1.97. The van der Waals surface area contributed by atoms with E-state index in [2.05, 4.69) is 68.6 Å². The average molecular weight is 615 g/mol. The number of fused-ring (bicyclic) bond motifs is 4. The van der Waals surface area contributed by atoms with E-state index in [0.717, 1.165) is 32.2 Å². The molecule has 2 heterocycles. The Bertz CT molecular complexity index is 1430. The fourth-order valence-corrected chi connectivity index (χ4v) is 6.72. The Morgan fingerprint density at radius 2 is 1.67 bits per heavy atom. The molecule has 0 bridgehead atoms. The third kappa shape index (κ3) is 5.15. The van der Waals surface area contributed by atoms with Crippen LogP contribution in [0.3, 0.4) is 0 Å². The van der Waals surface area contributed by atoms with Gasteiger partial charge in [0.15, 0.2) is 19.9 Å². The SMILES string of the molecule is CC1(C)O[C@@H](CO[Si](C)(C)C(C)(C)C)[C@@H](COc2ccc3c(c2)C(C)(C)c2[nH]c4cc(Br)ccc4c2C3=O)O1. The first kappa shape index (κ1) is 28.6. The number of ketones is 1.